The first-order valence-electron chi connectivity index (χ1n) is 4.30. The van der Waals surface area contributed by atoms with Crippen molar-refractivity contribution in [2.75, 3.05) is 0 Å². The minimum atomic E-state index is -0.688. The summed E-state index contributed by atoms with van der Waals surface area (Å²) in [6.07, 6.45) is 1.95. The fourth-order valence-electron chi connectivity index (χ4n) is 0.793. The van der Waals surface area contributed by atoms with Gasteiger partial charge in [-0.15, -0.1) is 0 Å². The van der Waals surface area contributed by atoms with Crippen molar-refractivity contribution in [1.82, 2.24) is 5.32 Å². The predicted molar refractivity (Wildman–Crippen MR) is 47.4 cm³/mol. The van der Waals surface area contributed by atoms with Crippen LogP contribution < -0.4 is 5.32 Å². The monoisotopic (exact) mass is 168 g/mol. The Labute approximate surface area is 73.8 Å². The Balaban J connectivity index is 4.05. The normalized spacial score (nSPS) is 14.5. The van der Waals surface area contributed by atoms with Gasteiger partial charge in [-0.3, -0.25) is 4.79 Å². The molecular weight excluding hydrogens is 152 g/mol. The molecule has 0 aliphatic heterocycles. The Hall–Kier alpha value is -1.04. The molecule has 12 heavy (non-hydrogen) atoms. The van der Waals surface area contributed by atoms with Gasteiger partial charge < -0.3 is 5.32 Å². The van der Waals surface area contributed by atoms with E-state index in [1.807, 2.05) is 13.8 Å². The molecule has 0 aromatic heterocycles. The summed E-state index contributed by atoms with van der Waals surface area (Å²) in [6, 6.07) is 2.09. The van der Waals surface area contributed by atoms with Crippen LogP contribution in [-0.2, 0) is 4.79 Å². The van der Waals surface area contributed by atoms with Crippen LogP contribution >= 0.6 is 0 Å². The maximum atomic E-state index is 11.1. The van der Waals surface area contributed by atoms with Gasteiger partial charge in [0.15, 0.2) is 0 Å². The van der Waals surface area contributed by atoms with E-state index in [2.05, 4.69) is 11.4 Å². The molecule has 68 valence electrons. The second-order valence-electron chi connectivity index (χ2n) is 3.10. The minimum absolute atomic E-state index is 0.0385. The molecule has 1 N–H and O–H groups in total. The Bertz CT molecular complexity index is 195. The summed E-state index contributed by atoms with van der Waals surface area (Å²) >= 11 is 0. The number of nitrogens with zero attached hydrogens (tertiary/aromatic N) is 1. The van der Waals surface area contributed by atoms with E-state index in [0.29, 0.717) is 12.8 Å². The number of hydrogen-bond acceptors (Lipinski definition) is 2. The van der Waals surface area contributed by atoms with E-state index < -0.39 is 5.54 Å². The van der Waals surface area contributed by atoms with Crippen molar-refractivity contribution in [3.8, 4) is 6.07 Å². The highest BCUT2D eigenvalue weighted by atomic mass is 16.1. The van der Waals surface area contributed by atoms with Crippen molar-refractivity contribution in [3.63, 3.8) is 0 Å². The van der Waals surface area contributed by atoms with Gasteiger partial charge in [0.1, 0.15) is 5.54 Å². The number of nitrogens with one attached hydrogen (secondary N) is 1. The first-order valence-corrected chi connectivity index (χ1v) is 4.30. The second kappa shape index (κ2) is 4.76. The average molecular weight is 168 g/mol. The number of rotatable bonds is 4. The summed E-state index contributed by atoms with van der Waals surface area (Å²) < 4.78 is 0. The maximum Gasteiger partial charge on any atom is 0.221 e. The molecule has 0 radical (unpaired) electrons. The Morgan fingerprint density at radius 3 is 2.50 bits per heavy atom. The van der Waals surface area contributed by atoms with Crippen molar-refractivity contribution >= 4 is 5.91 Å². The highest BCUT2D eigenvalue weighted by Gasteiger charge is 2.22. The average Bonchev–Trinajstić information content (AvgIpc) is 2.05. The van der Waals surface area contributed by atoms with Crippen LogP contribution in [0.4, 0.5) is 0 Å². The van der Waals surface area contributed by atoms with Gasteiger partial charge in [0.25, 0.3) is 0 Å². The summed E-state index contributed by atoms with van der Waals surface area (Å²) in [5, 5.41) is 11.4. The number of carbonyl (C=O) groups excluding carboxylic acids is 1. The first-order chi connectivity index (χ1) is 5.58. The molecule has 0 rings (SSSR count). The van der Waals surface area contributed by atoms with Crippen molar-refractivity contribution in [2.45, 2.75) is 45.6 Å². The van der Waals surface area contributed by atoms with E-state index in [1.54, 1.807) is 6.92 Å². The van der Waals surface area contributed by atoms with Gasteiger partial charge in [-0.2, -0.15) is 5.26 Å². The zero-order valence-corrected chi connectivity index (χ0v) is 7.98. The lowest BCUT2D eigenvalue weighted by Gasteiger charge is -2.20. The molecular formula is C9H16N2O. The highest BCUT2D eigenvalue weighted by molar-refractivity contribution is 5.77. The molecule has 1 amide bonds. The topological polar surface area (TPSA) is 52.9 Å². The van der Waals surface area contributed by atoms with E-state index in [0.717, 1.165) is 6.42 Å². The molecule has 0 spiro atoms. The fraction of sp³-hybridized carbons (Fsp3) is 0.778. The summed E-state index contributed by atoms with van der Waals surface area (Å²) in [4.78, 5) is 11.1. The van der Waals surface area contributed by atoms with Gasteiger partial charge in [-0.05, 0) is 19.8 Å². The summed E-state index contributed by atoms with van der Waals surface area (Å²) in [7, 11) is 0. The van der Waals surface area contributed by atoms with Crippen LogP contribution in [0.2, 0.25) is 0 Å². The van der Waals surface area contributed by atoms with Crippen molar-refractivity contribution in [1.29, 1.82) is 5.26 Å². The second-order valence-corrected chi connectivity index (χ2v) is 3.10. The molecule has 0 aliphatic rings. The largest absolute Gasteiger partial charge is 0.338 e. The van der Waals surface area contributed by atoms with Crippen LogP contribution in [0.15, 0.2) is 0 Å². The molecule has 3 heteroatoms. The molecule has 0 aromatic carbocycles. The summed E-state index contributed by atoms with van der Waals surface area (Å²) in [5.74, 6) is -0.0385. The Kier molecular flexibility index (Phi) is 4.35. The van der Waals surface area contributed by atoms with Crippen LogP contribution in [0.3, 0.4) is 0 Å². The number of hydrogen-bond donors (Lipinski definition) is 1. The lowest BCUT2D eigenvalue weighted by molar-refractivity contribution is -0.122. The van der Waals surface area contributed by atoms with Crippen molar-refractivity contribution in [2.24, 2.45) is 0 Å². The lowest BCUT2D eigenvalue weighted by atomic mass is 10.0. The first kappa shape index (κ1) is 11.0. The van der Waals surface area contributed by atoms with Gasteiger partial charge >= 0.3 is 0 Å². The third-order valence-electron chi connectivity index (χ3n) is 1.85. The molecule has 0 aromatic rings. The van der Waals surface area contributed by atoms with Gasteiger partial charge in [-0.25, -0.2) is 0 Å². The highest BCUT2D eigenvalue weighted by Crippen LogP contribution is 2.07. The SMILES string of the molecule is CCCC(=O)NC(C)(C#N)CC. The third-order valence-corrected chi connectivity index (χ3v) is 1.85. The molecule has 0 aliphatic carbocycles. The quantitative estimate of drug-likeness (QED) is 0.693. The van der Waals surface area contributed by atoms with E-state index >= 15 is 0 Å². The standard InChI is InChI=1S/C9H16N2O/c1-4-6-8(12)11-9(3,5-2)7-10/h4-6H2,1-3H3,(H,11,12). The van der Waals surface area contributed by atoms with Crippen LogP contribution in [0.1, 0.15) is 40.0 Å². The smallest absolute Gasteiger partial charge is 0.221 e. The molecule has 0 saturated carbocycles. The lowest BCUT2D eigenvalue weighted by Crippen LogP contribution is -2.44. The molecule has 0 heterocycles. The number of carbonyl (C=O) groups is 1. The zero-order valence-electron chi connectivity index (χ0n) is 7.98. The van der Waals surface area contributed by atoms with E-state index in [4.69, 9.17) is 5.26 Å². The van der Waals surface area contributed by atoms with Gasteiger partial charge in [0, 0.05) is 6.42 Å². The fourth-order valence-corrected chi connectivity index (χ4v) is 0.793. The van der Waals surface area contributed by atoms with E-state index in [9.17, 15) is 4.79 Å². The Morgan fingerprint density at radius 1 is 1.58 bits per heavy atom. The predicted octanol–water partition coefficient (Wildman–Crippen LogP) is 1.59. The van der Waals surface area contributed by atoms with Gasteiger partial charge in [0.05, 0.1) is 6.07 Å². The van der Waals surface area contributed by atoms with Crippen molar-refractivity contribution in [3.05, 3.63) is 0 Å². The maximum absolute atomic E-state index is 11.1. The molecule has 3 nitrogen and oxygen atoms in total. The molecule has 1 atom stereocenters. The van der Waals surface area contributed by atoms with Gasteiger partial charge in [-0.1, -0.05) is 13.8 Å². The molecule has 0 fully saturated rings. The summed E-state index contributed by atoms with van der Waals surface area (Å²) in [5.41, 5.74) is -0.688. The molecule has 0 saturated heterocycles. The van der Waals surface area contributed by atoms with Crippen molar-refractivity contribution < 1.29 is 4.79 Å². The molecule has 1 unspecified atom stereocenters. The number of nitriles is 1. The van der Waals surface area contributed by atoms with Crippen LogP contribution in [-0.4, -0.2) is 11.4 Å². The van der Waals surface area contributed by atoms with Crippen LogP contribution in [0, 0.1) is 11.3 Å². The number of amides is 1. The Morgan fingerprint density at radius 2 is 2.17 bits per heavy atom. The van der Waals surface area contributed by atoms with Crippen LogP contribution in [0.25, 0.3) is 0 Å². The minimum Gasteiger partial charge on any atom is -0.338 e. The van der Waals surface area contributed by atoms with Crippen LogP contribution in [0.5, 0.6) is 0 Å². The third kappa shape index (κ3) is 3.38. The van der Waals surface area contributed by atoms with E-state index in [-0.39, 0.29) is 5.91 Å². The summed E-state index contributed by atoms with van der Waals surface area (Å²) in [6.45, 7) is 5.56. The van der Waals surface area contributed by atoms with Gasteiger partial charge in [0.2, 0.25) is 5.91 Å². The zero-order chi connectivity index (χ0) is 9.61. The molecule has 0 bridgehead atoms. The van der Waals surface area contributed by atoms with E-state index in [1.165, 1.54) is 0 Å².